The van der Waals surface area contributed by atoms with Gasteiger partial charge in [-0.3, -0.25) is 4.79 Å². The van der Waals surface area contributed by atoms with Crippen molar-refractivity contribution >= 4 is 0 Å². The summed E-state index contributed by atoms with van der Waals surface area (Å²) in [6.45, 7) is 12.9. The number of benzene rings is 1. The maximum Gasteiger partial charge on any atom is 0.253 e. The molecule has 0 radical (unpaired) electrons. The van der Waals surface area contributed by atoms with Crippen LogP contribution in [0.2, 0.25) is 0 Å². The van der Waals surface area contributed by atoms with E-state index in [0.29, 0.717) is 0 Å². The van der Waals surface area contributed by atoms with E-state index in [-0.39, 0.29) is 22.6 Å². The van der Waals surface area contributed by atoms with Gasteiger partial charge in [0, 0.05) is 17.3 Å². The average molecular weight is 312 g/mol. The Balaban J connectivity index is 2.46. The van der Waals surface area contributed by atoms with Crippen LogP contribution in [0.4, 0.5) is 0 Å². The molecule has 0 spiro atoms. The molecule has 2 rings (SSSR count). The maximum absolute atomic E-state index is 12.3. The lowest BCUT2D eigenvalue weighted by Crippen LogP contribution is -2.41. The Kier molecular flexibility index (Phi) is 4.81. The highest BCUT2D eigenvalue weighted by Crippen LogP contribution is 2.27. The summed E-state index contributed by atoms with van der Waals surface area (Å²) in [6, 6.07) is 12.2. The minimum atomic E-state index is -0.131. The van der Waals surface area contributed by atoms with Crippen LogP contribution in [0.15, 0.2) is 47.4 Å². The molecule has 0 aliphatic rings. The van der Waals surface area contributed by atoms with E-state index in [4.69, 9.17) is 0 Å². The molecule has 2 N–H and O–H groups in total. The molecule has 0 aliphatic carbocycles. The molecule has 2 aromatic rings. The van der Waals surface area contributed by atoms with E-state index in [9.17, 15) is 4.79 Å². The zero-order chi connectivity index (χ0) is 17.3. The third kappa shape index (κ3) is 4.55. The predicted molar refractivity (Wildman–Crippen MR) is 96.9 cm³/mol. The maximum atomic E-state index is 12.3. The van der Waals surface area contributed by atoms with Crippen LogP contribution in [-0.2, 0) is 5.41 Å². The van der Waals surface area contributed by atoms with E-state index >= 15 is 0 Å². The highest BCUT2D eigenvalue weighted by atomic mass is 16.1. The topological polar surface area (TPSA) is 44.9 Å². The Morgan fingerprint density at radius 1 is 0.957 bits per heavy atom. The first-order valence-corrected chi connectivity index (χ1v) is 8.14. The van der Waals surface area contributed by atoms with Crippen LogP contribution >= 0.6 is 0 Å². The number of pyridine rings is 1. The van der Waals surface area contributed by atoms with Gasteiger partial charge >= 0.3 is 0 Å². The van der Waals surface area contributed by atoms with Crippen molar-refractivity contribution in [1.29, 1.82) is 0 Å². The summed E-state index contributed by atoms with van der Waals surface area (Å²) in [5.74, 6) is 0. The first-order chi connectivity index (χ1) is 10.6. The van der Waals surface area contributed by atoms with Gasteiger partial charge in [-0.2, -0.15) is 0 Å². The largest absolute Gasteiger partial charge is 0.329 e. The van der Waals surface area contributed by atoms with Crippen LogP contribution in [-0.4, -0.2) is 10.5 Å². The molecule has 1 aromatic heterocycles. The number of H-pyrrole nitrogens is 1. The quantitative estimate of drug-likeness (QED) is 0.894. The van der Waals surface area contributed by atoms with Gasteiger partial charge in [-0.1, -0.05) is 51.1 Å². The molecule has 23 heavy (non-hydrogen) atoms. The van der Waals surface area contributed by atoms with Crippen LogP contribution in [0.1, 0.15) is 64.3 Å². The average Bonchev–Trinajstić information content (AvgIpc) is 2.44. The van der Waals surface area contributed by atoms with Crippen LogP contribution in [0.3, 0.4) is 0 Å². The standard InChI is InChI=1S/C20H28N2O/c1-19(2,3)15-11-9-14(10-12-15)17(22-20(4,5)6)16-8-7-13-21-18(16)23/h7-13,17,22H,1-6H3,(H,21,23). The highest BCUT2D eigenvalue weighted by Gasteiger charge is 2.23. The van der Waals surface area contributed by atoms with Gasteiger partial charge in [-0.05, 0) is 43.4 Å². The van der Waals surface area contributed by atoms with Gasteiger partial charge in [-0.15, -0.1) is 0 Å². The van der Waals surface area contributed by atoms with Gasteiger partial charge in [0.2, 0.25) is 0 Å². The smallest absolute Gasteiger partial charge is 0.253 e. The molecule has 0 amide bonds. The molecule has 0 saturated carbocycles. The number of aromatic amines is 1. The lowest BCUT2D eigenvalue weighted by Gasteiger charge is -2.29. The zero-order valence-corrected chi connectivity index (χ0v) is 15.0. The van der Waals surface area contributed by atoms with E-state index in [0.717, 1.165) is 11.1 Å². The van der Waals surface area contributed by atoms with Crippen LogP contribution < -0.4 is 10.9 Å². The third-order valence-electron chi connectivity index (χ3n) is 3.85. The first kappa shape index (κ1) is 17.5. The van der Waals surface area contributed by atoms with E-state index in [1.165, 1.54) is 5.56 Å². The van der Waals surface area contributed by atoms with Crippen molar-refractivity contribution < 1.29 is 0 Å². The van der Waals surface area contributed by atoms with Crippen molar-refractivity contribution in [1.82, 2.24) is 10.3 Å². The SMILES string of the molecule is CC(C)(C)NC(c1ccc(C(C)(C)C)cc1)c1ccc[nH]c1=O. The first-order valence-electron chi connectivity index (χ1n) is 8.14. The number of aromatic nitrogens is 1. The molecule has 124 valence electrons. The highest BCUT2D eigenvalue weighted by molar-refractivity contribution is 5.34. The molecule has 1 unspecified atom stereocenters. The Morgan fingerprint density at radius 2 is 1.57 bits per heavy atom. The zero-order valence-electron chi connectivity index (χ0n) is 15.0. The number of hydrogen-bond donors (Lipinski definition) is 2. The van der Waals surface area contributed by atoms with Crippen molar-refractivity contribution in [2.24, 2.45) is 0 Å². The molecule has 3 nitrogen and oxygen atoms in total. The summed E-state index contributed by atoms with van der Waals surface area (Å²) in [4.78, 5) is 15.0. The summed E-state index contributed by atoms with van der Waals surface area (Å²) in [7, 11) is 0. The number of rotatable bonds is 3. The van der Waals surface area contributed by atoms with Gasteiger partial charge < -0.3 is 10.3 Å². The summed E-state index contributed by atoms with van der Waals surface area (Å²) < 4.78 is 0. The molecule has 1 atom stereocenters. The monoisotopic (exact) mass is 312 g/mol. The Hall–Kier alpha value is -1.87. The van der Waals surface area contributed by atoms with Crippen molar-refractivity contribution in [2.75, 3.05) is 0 Å². The molecule has 0 fully saturated rings. The number of hydrogen-bond acceptors (Lipinski definition) is 2. The summed E-state index contributed by atoms with van der Waals surface area (Å²) >= 11 is 0. The third-order valence-corrected chi connectivity index (χ3v) is 3.85. The molecular weight excluding hydrogens is 284 g/mol. The Bertz CT molecular complexity index is 700. The lowest BCUT2D eigenvalue weighted by molar-refractivity contribution is 0.389. The fourth-order valence-electron chi connectivity index (χ4n) is 2.61. The molecule has 0 bridgehead atoms. The second-order valence-corrected chi connectivity index (χ2v) is 8.15. The van der Waals surface area contributed by atoms with Crippen molar-refractivity contribution in [3.63, 3.8) is 0 Å². The minimum Gasteiger partial charge on any atom is -0.329 e. The second kappa shape index (κ2) is 6.32. The van der Waals surface area contributed by atoms with Crippen LogP contribution in [0.5, 0.6) is 0 Å². The van der Waals surface area contributed by atoms with E-state index in [1.807, 2.05) is 12.1 Å². The normalized spacial score (nSPS) is 13.8. The fraction of sp³-hybridized carbons (Fsp3) is 0.450. The van der Waals surface area contributed by atoms with E-state index in [1.54, 1.807) is 6.20 Å². The van der Waals surface area contributed by atoms with Crippen molar-refractivity contribution in [3.8, 4) is 0 Å². The summed E-state index contributed by atoms with van der Waals surface area (Å²) in [5, 5.41) is 3.57. The molecular formula is C20H28N2O. The predicted octanol–water partition coefficient (Wildman–Crippen LogP) is 4.15. The van der Waals surface area contributed by atoms with Gasteiger partial charge in [0.05, 0.1) is 6.04 Å². The molecule has 1 heterocycles. The Morgan fingerprint density at radius 3 is 2.04 bits per heavy atom. The van der Waals surface area contributed by atoms with Gasteiger partial charge in [-0.25, -0.2) is 0 Å². The fourth-order valence-corrected chi connectivity index (χ4v) is 2.61. The van der Waals surface area contributed by atoms with Crippen LogP contribution in [0, 0.1) is 0 Å². The molecule has 0 aliphatic heterocycles. The van der Waals surface area contributed by atoms with E-state index < -0.39 is 0 Å². The van der Waals surface area contributed by atoms with Crippen molar-refractivity contribution in [2.45, 2.75) is 58.5 Å². The van der Waals surface area contributed by atoms with Gasteiger partial charge in [0.15, 0.2) is 0 Å². The molecule has 1 aromatic carbocycles. The minimum absolute atomic E-state index is 0.0471. The number of nitrogens with one attached hydrogen (secondary N) is 2. The second-order valence-electron chi connectivity index (χ2n) is 8.15. The van der Waals surface area contributed by atoms with Gasteiger partial charge in [0.1, 0.15) is 0 Å². The summed E-state index contributed by atoms with van der Waals surface area (Å²) in [5.41, 5.74) is 3.10. The van der Waals surface area contributed by atoms with Gasteiger partial charge in [0.25, 0.3) is 5.56 Å². The molecule has 0 saturated heterocycles. The van der Waals surface area contributed by atoms with E-state index in [2.05, 4.69) is 76.1 Å². The van der Waals surface area contributed by atoms with Crippen molar-refractivity contribution in [3.05, 3.63) is 69.6 Å². The summed E-state index contributed by atoms with van der Waals surface area (Å²) in [6.07, 6.45) is 1.67. The Labute approximate surface area is 139 Å². The van der Waals surface area contributed by atoms with Crippen LogP contribution in [0.25, 0.3) is 0 Å². The molecule has 3 heteroatoms. The lowest BCUT2D eigenvalue weighted by atomic mass is 9.85.